The van der Waals surface area contributed by atoms with Crippen LogP contribution in [0, 0.1) is 24.4 Å². The van der Waals surface area contributed by atoms with E-state index in [2.05, 4.69) is 0 Å². The van der Waals surface area contributed by atoms with Gasteiger partial charge in [-0.1, -0.05) is 54.6 Å². The molecular weight excluding hydrogens is 401 g/mol. The number of ether oxygens (including phenoxy) is 2. The second-order valence-electron chi connectivity index (χ2n) is 7.63. The quantitative estimate of drug-likeness (QED) is 0.430. The first-order chi connectivity index (χ1) is 15.0. The van der Waals surface area contributed by atoms with Crippen molar-refractivity contribution < 1.29 is 22.6 Å². The van der Waals surface area contributed by atoms with Crippen molar-refractivity contribution in [2.75, 3.05) is 13.2 Å². The molecule has 4 rings (SSSR count). The van der Waals surface area contributed by atoms with Crippen molar-refractivity contribution in [3.8, 4) is 22.3 Å². The molecule has 0 amide bonds. The van der Waals surface area contributed by atoms with Crippen LogP contribution in [0.1, 0.15) is 24.0 Å². The summed E-state index contributed by atoms with van der Waals surface area (Å²) in [7, 11) is 0. The Morgan fingerprint density at radius 3 is 2.10 bits per heavy atom. The molecule has 0 aliphatic carbocycles. The van der Waals surface area contributed by atoms with Gasteiger partial charge in [0.15, 0.2) is 17.9 Å². The van der Waals surface area contributed by atoms with E-state index in [0.29, 0.717) is 29.9 Å². The number of allylic oxidation sites excluding steroid dienone is 1. The lowest BCUT2D eigenvalue weighted by Gasteiger charge is -2.28. The highest BCUT2D eigenvalue weighted by atomic mass is 19.2. The van der Waals surface area contributed by atoms with Crippen LogP contribution in [0.25, 0.3) is 22.3 Å². The Kier molecular flexibility index (Phi) is 6.25. The molecule has 0 spiro atoms. The largest absolute Gasteiger partial charge is 0.348 e. The average Bonchev–Trinajstić information content (AvgIpc) is 2.79. The second kappa shape index (κ2) is 9.08. The molecule has 0 atom stereocenters. The summed E-state index contributed by atoms with van der Waals surface area (Å²) in [5.41, 5.74) is 3.06. The Morgan fingerprint density at radius 2 is 1.45 bits per heavy atom. The van der Waals surface area contributed by atoms with Crippen LogP contribution in [-0.2, 0) is 9.47 Å². The monoisotopic (exact) mass is 424 g/mol. The van der Waals surface area contributed by atoms with Gasteiger partial charge in [0, 0.05) is 11.5 Å². The smallest absolute Gasteiger partial charge is 0.176 e. The zero-order chi connectivity index (χ0) is 22.0. The number of hydrogen-bond acceptors (Lipinski definition) is 2. The Balaban J connectivity index is 1.53. The molecule has 2 nitrogen and oxygen atoms in total. The van der Waals surface area contributed by atoms with Crippen molar-refractivity contribution in [1.29, 1.82) is 0 Å². The summed E-state index contributed by atoms with van der Waals surface area (Å²) < 4.78 is 54.2. The van der Waals surface area contributed by atoms with E-state index in [1.807, 2.05) is 25.1 Å². The first-order valence-corrected chi connectivity index (χ1v) is 10.2. The Labute approximate surface area is 179 Å². The minimum atomic E-state index is -0.864. The third-order valence-corrected chi connectivity index (χ3v) is 5.52. The van der Waals surface area contributed by atoms with Gasteiger partial charge in [0.25, 0.3) is 0 Å². The normalized spacial score (nSPS) is 19.1. The molecule has 160 valence electrons. The zero-order valence-corrected chi connectivity index (χ0v) is 17.4. The Morgan fingerprint density at radius 1 is 0.806 bits per heavy atom. The maximum absolute atomic E-state index is 14.8. The molecule has 0 saturated carbocycles. The average molecular weight is 424 g/mol. The van der Waals surface area contributed by atoms with E-state index in [0.717, 1.165) is 5.56 Å². The molecule has 0 unspecified atom stereocenters. The summed E-state index contributed by atoms with van der Waals surface area (Å²) in [6, 6.07) is 15.1. The van der Waals surface area contributed by atoms with Gasteiger partial charge >= 0.3 is 0 Å². The van der Waals surface area contributed by atoms with Gasteiger partial charge in [-0.25, -0.2) is 13.2 Å². The third-order valence-electron chi connectivity index (χ3n) is 5.52. The van der Waals surface area contributed by atoms with Crippen molar-refractivity contribution >= 4 is 0 Å². The van der Waals surface area contributed by atoms with Gasteiger partial charge in [0.1, 0.15) is 5.82 Å². The lowest BCUT2D eigenvalue weighted by Crippen LogP contribution is -2.29. The highest BCUT2D eigenvalue weighted by Crippen LogP contribution is 2.31. The van der Waals surface area contributed by atoms with E-state index in [1.54, 1.807) is 42.5 Å². The minimum absolute atomic E-state index is 0.169. The topological polar surface area (TPSA) is 18.5 Å². The molecule has 0 aromatic heterocycles. The molecular formula is C26H23F3O2. The maximum atomic E-state index is 14.8. The highest BCUT2D eigenvalue weighted by molar-refractivity contribution is 5.71. The SMILES string of the molecule is C/C=C/C1OCC(c2ccc(-c3ccc(-c4ccc(C)c(F)c4F)cc3)cc2F)CO1. The number of benzene rings is 3. The number of rotatable bonds is 4. The molecule has 1 heterocycles. The van der Waals surface area contributed by atoms with E-state index in [-0.39, 0.29) is 29.2 Å². The Bertz CT molecular complexity index is 1100. The second-order valence-corrected chi connectivity index (χ2v) is 7.63. The molecule has 1 saturated heterocycles. The fourth-order valence-corrected chi connectivity index (χ4v) is 3.71. The predicted molar refractivity (Wildman–Crippen MR) is 115 cm³/mol. The summed E-state index contributed by atoms with van der Waals surface area (Å²) in [6.07, 6.45) is 3.29. The molecule has 1 aliphatic rings. The van der Waals surface area contributed by atoms with Gasteiger partial charge in [0.05, 0.1) is 13.2 Å². The predicted octanol–water partition coefficient (Wildman–Crippen LogP) is 6.78. The van der Waals surface area contributed by atoms with Crippen LogP contribution in [-0.4, -0.2) is 19.5 Å². The fourth-order valence-electron chi connectivity index (χ4n) is 3.71. The van der Waals surface area contributed by atoms with Crippen molar-refractivity contribution in [2.45, 2.75) is 26.1 Å². The molecule has 0 bridgehead atoms. The molecule has 0 N–H and O–H groups in total. The van der Waals surface area contributed by atoms with Crippen LogP contribution in [0.5, 0.6) is 0 Å². The maximum Gasteiger partial charge on any atom is 0.176 e. The Hall–Kier alpha value is -2.89. The van der Waals surface area contributed by atoms with Gasteiger partial charge in [-0.05, 0) is 53.8 Å². The minimum Gasteiger partial charge on any atom is -0.348 e. The van der Waals surface area contributed by atoms with Gasteiger partial charge in [0.2, 0.25) is 0 Å². The van der Waals surface area contributed by atoms with Crippen LogP contribution in [0.4, 0.5) is 13.2 Å². The van der Waals surface area contributed by atoms with Gasteiger partial charge in [-0.2, -0.15) is 0 Å². The number of hydrogen-bond donors (Lipinski definition) is 0. The standard InChI is InChI=1S/C26H23F3O2/c1-3-4-24-30-14-20(15-31-24)21-12-10-19(13-23(21)27)17-6-8-18(9-7-17)22-11-5-16(2)25(28)26(22)29/h3-13,20,24H,14-15H2,1-2H3/b4-3+. The summed E-state index contributed by atoms with van der Waals surface area (Å²) in [4.78, 5) is 0. The summed E-state index contributed by atoms with van der Waals surface area (Å²) in [5.74, 6) is -2.20. The van der Waals surface area contributed by atoms with Crippen molar-refractivity contribution in [3.05, 3.63) is 95.3 Å². The van der Waals surface area contributed by atoms with Crippen molar-refractivity contribution in [1.82, 2.24) is 0 Å². The lowest BCUT2D eigenvalue weighted by atomic mass is 9.95. The van der Waals surface area contributed by atoms with Crippen molar-refractivity contribution in [2.24, 2.45) is 0 Å². The first kappa shape index (κ1) is 21.3. The molecule has 5 heteroatoms. The van der Waals surface area contributed by atoms with Gasteiger partial charge in [-0.15, -0.1) is 0 Å². The van der Waals surface area contributed by atoms with Crippen LogP contribution < -0.4 is 0 Å². The van der Waals surface area contributed by atoms with E-state index in [4.69, 9.17) is 9.47 Å². The van der Waals surface area contributed by atoms with E-state index >= 15 is 0 Å². The molecule has 0 radical (unpaired) electrons. The molecule has 3 aromatic carbocycles. The van der Waals surface area contributed by atoms with E-state index < -0.39 is 11.6 Å². The van der Waals surface area contributed by atoms with Crippen LogP contribution >= 0.6 is 0 Å². The van der Waals surface area contributed by atoms with Crippen molar-refractivity contribution in [3.63, 3.8) is 0 Å². The number of halogens is 3. The van der Waals surface area contributed by atoms with Crippen LogP contribution in [0.2, 0.25) is 0 Å². The molecule has 3 aromatic rings. The summed E-state index contributed by atoms with van der Waals surface area (Å²) in [6.45, 7) is 4.19. The third kappa shape index (κ3) is 4.43. The fraction of sp³-hybridized carbons (Fsp3) is 0.231. The van der Waals surface area contributed by atoms with Gasteiger partial charge < -0.3 is 9.47 Å². The highest BCUT2D eigenvalue weighted by Gasteiger charge is 2.24. The summed E-state index contributed by atoms with van der Waals surface area (Å²) >= 11 is 0. The van der Waals surface area contributed by atoms with E-state index in [9.17, 15) is 13.2 Å². The lowest BCUT2D eigenvalue weighted by molar-refractivity contribution is -0.159. The zero-order valence-electron chi connectivity index (χ0n) is 17.4. The molecule has 1 aliphatic heterocycles. The summed E-state index contributed by atoms with van der Waals surface area (Å²) in [5, 5.41) is 0. The molecule has 1 fully saturated rings. The number of aryl methyl sites for hydroxylation is 1. The van der Waals surface area contributed by atoms with Crippen LogP contribution in [0.3, 0.4) is 0 Å². The first-order valence-electron chi connectivity index (χ1n) is 10.2. The molecule has 31 heavy (non-hydrogen) atoms. The van der Waals surface area contributed by atoms with E-state index in [1.165, 1.54) is 13.0 Å². The van der Waals surface area contributed by atoms with Gasteiger partial charge in [-0.3, -0.25) is 0 Å². The van der Waals surface area contributed by atoms with Crippen LogP contribution in [0.15, 0.2) is 66.7 Å².